The van der Waals surface area contributed by atoms with E-state index in [1.807, 2.05) is 23.6 Å². The molecule has 1 unspecified atom stereocenters. The third kappa shape index (κ3) is 7.14. The van der Waals surface area contributed by atoms with E-state index in [0.717, 1.165) is 30.4 Å². The standard InChI is InChI=1S/C28H30Cl2N2O5S/c1-5-7-11-37-24(6-2)19-10-8-9-18(25(19)36-4)23-15-38-28(31-23)32-26(33)17-13-21(29)20(22(30)14-17)12-16(3)27(34)35/h8-10,12-15,24H,5-7,11H2,1-4H3,(H,34,35)(H,31,32,33). The molecule has 0 aliphatic carbocycles. The van der Waals surface area contributed by atoms with Crippen molar-refractivity contribution < 1.29 is 24.2 Å². The number of para-hydroxylation sites is 1. The molecule has 0 saturated heterocycles. The molecule has 202 valence electrons. The van der Waals surface area contributed by atoms with Gasteiger partial charge in [0.25, 0.3) is 5.91 Å². The number of amides is 1. The van der Waals surface area contributed by atoms with Crippen LogP contribution in [-0.4, -0.2) is 35.7 Å². The number of carboxylic acids is 1. The number of aliphatic carboxylic acids is 1. The molecule has 0 aliphatic heterocycles. The number of unbranched alkanes of at least 4 members (excludes halogenated alkanes) is 1. The normalized spacial score (nSPS) is 12.3. The number of carboxylic acid groups (broad SMARTS) is 1. The van der Waals surface area contributed by atoms with E-state index in [1.165, 1.54) is 36.5 Å². The summed E-state index contributed by atoms with van der Waals surface area (Å²) in [6, 6.07) is 8.75. The van der Waals surface area contributed by atoms with Gasteiger partial charge in [0.05, 0.1) is 29.0 Å². The Balaban J connectivity index is 1.84. The molecule has 0 radical (unpaired) electrons. The molecule has 3 aromatic rings. The number of methoxy groups -OCH3 is 1. The SMILES string of the molecule is CCCCOC(CC)c1cccc(-c2csc(NC(=O)c3cc(Cl)c(C=C(C)C(=O)O)c(Cl)c3)n2)c1OC. The van der Waals surface area contributed by atoms with Crippen molar-refractivity contribution in [2.24, 2.45) is 0 Å². The minimum Gasteiger partial charge on any atom is -0.496 e. The van der Waals surface area contributed by atoms with Gasteiger partial charge in [-0.3, -0.25) is 10.1 Å². The lowest BCUT2D eigenvalue weighted by molar-refractivity contribution is -0.132. The number of nitrogens with one attached hydrogen (secondary N) is 1. The molecule has 7 nitrogen and oxygen atoms in total. The highest BCUT2D eigenvalue weighted by Crippen LogP contribution is 2.39. The Labute approximate surface area is 236 Å². The topological polar surface area (TPSA) is 97.8 Å². The molecule has 1 atom stereocenters. The number of thiazole rings is 1. The molecular formula is C28H30Cl2N2O5S. The van der Waals surface area contributed by atoms with Crippen molar-refractivity contribution in [3.8, 4) is 17.0 Å². The summed E-state index contributed by atoms with van der Waals surface area (Å²) in [4.78, 5) is 28.7. The summed E-state index contributed by atoms with van der Waals surface area (Å²) < 4.78 is 11.9. The number of hydrogen-bond donors (Lipinski definition) is 2. The molecule has 1 heterocycles. The number of carbonyl (C=O) groups excluding carboxylic acids is 1. The van der Waals surface area contributed by atoms with E-state index in [4.69, 9.17) is 37.8 Å². The number of benzene rings is 2. The highest BCUT2D eigenvalue weighted by molar-refractivity contribution is 7.14. The van der Waals surface area contributed by atoms with Crippen LogP contribution < -0.4 is 10.1 Å². The first-order valence-electron chi connectivity index (χ1n) is 12.2. The van der Waals surface area contributed by atoms with Gasteiger partial charge in [0.15, 0.2) is 5.13 Å². The highest BCUT2D eigenvalue weighted by atomic mass is 35.5. The molecule has 10 heteroatoms. The number of halogens is 2. The third-order valence-electron chi connectivity index (χ3n) is 5.82. The Morgan fingerprint density at radius 1 is 1.21 bits per heavy atom. The van der Waals surface area contributed by atoms with E-state index in [-0.39, 0.29) is 27.3 Å². The van der Waals surface area contributed by atoms with E-state index in [0.29, 0.717) is 28.7 Å². The highest BCUT2D eigenvalue weighted by Gasteiger charge is 2.21. The van der Waals surface area contributed by atoms with Crippen LogP contribution in [0, 0.1) is 0 Å². The summed E-state index contributed by atoms with van der Waals surface area (Å²) in [5, 5.41) is 14.4. The van der Waals surface area contributed by atoms with E-state index < -0.39 is 11.9 Å². The van der Waals surface area contributed by atoms with Gasteiger partial charge >= 0.3 is 5.97 Å². The van der Waals surface area contributed by atoms with Gasteiger partial charge in [-0.1, -0.05) is 55.6 Å². The van der Waals surface area contributed by atoms with Crippen LogP contribution in [0.15, 0.2) is 41.3 Å². The molecule has 2 aromatic carbocycles. The van der Waals surface area contributed by atoms with Crippen molar-refractivity contribution in [3.05, 3.63) is 68.0 Å². The maximum absolute atomic E-state index is 12.9. The molecule has 0 saturated carbocycles. The fourth-order valence-electron chi connectivity index (χ4n) is 3.79. The van der Waals surface area contributed by atoms with Crippen LogP contribution in [0.1, 0.15) is 67.6 Å². The number of rotatable bonds is 12. The van der Waals surface area contributed by atoms with E-state index in [9.17, 15) is 9.59 Å². The van der Waals surface area contributed by atoms with Crippen molar-refractivity contribution in [3.63, 3.8) is 0 Å². The molecule has 1 aromatic heterocycles. The van der Waals surface area contributed by atoms with Gasteiger partial charge in [-0.25, -0.2) is 9.78 Å². The lowest BCUT2D eigenvalue weighted by atomic mass is 10.0. The average Bonchev–Trinajstić information content (AvgIpc) is 3.36. The van der Waals surface area contributed by atoms with Crippen LogP contribution in [0.25, 0.3) is 17.3 Å². The summed E-state index contributed by atoms with van der Waals surface area (Å²) in [5.41, 5.74) is 3.04. The molecule has 0 aliphatic rings. The second-order valence-electron chi connectivity index (χ2n) is 8.53. The lowest BCUT2D eigenvalue weighted by Crippen LogP contribution is -2.12. The summed E-state index contributed by atoms with van der Waals surface area (Å²) in [5.74, 6) is -0.843. The summed E-state index contributed by atoms with van der Waals surface area (Å²) >= 11 is 13.9. The average molecular weight is 578 g/mol. The molecule has 2 N–H and O–H groups in total. The summed E-state index contributed by atoms with van der Waals surface area (Å²) in [7, 11) is 1.63. The van der Waals surface area contributed by atoms with Crippen LogP contribution >= 0.6 is 34.5 Å². The van der Waals surface area contributed by atoms with Gasteiger partial charge in [-0.05, 0) is 44.0 Å². The van der Waals surface area contributed by atoms with Crippen LogP contribution in [0.2, 0.25) is 10.0 Å². The molecule has 0 spiro atoms. The second-order valence-corrected chi connectivity index (χ2v) is 10.2. The minimum absolute atomic E-state index is 0.0681. The number of ether oxygens (including phenoxy) is 2. The Morgan fingerprint density at radius 3 is 2.53 bits per heavy atom. The largest absolute Gasteiger partial charge is 0.496 e. The van der Waals surface area contributed by atoms with E-state index in [1.54, 1.807) is 7.11 Å². The maximum atomic E-state index is 12.9. The first-order valence-corrected chi connectivity index (χ1v) is 13.8. The van der Waals surface area contributed by atoms with Crippen LogP contribution in [0.3, 0.4) is 0 Å². The van der Waals surface area contributed by atoms with Gasteiger partial charge in [-0.2, -0.15) is 0 Å². The molecular weight excluding hydrogens is 547 g/mol. The van der Waals surface area contributed by atoms with Crippen molar-refractivity contribution in [1.82, 2.24) is 4.98 Å². The Hall–Kier alpha value is -2.91. The number of aromatic nitrogens is 1. The summed E-state index contributed by atoms with van der Waals surface area (Å²) in [6.45, 7) is 6.32. The zero-order valence-corrected chi connectivity index (χ0v) is 24.0. The predicted molar refractivity (Wildman–Crippen MR) is 154 cm³/mol. The Bertz CT molecular complexity index is 1320. The van der Waals surface area contributed by atoms with Gasteiger partial charge in [0.2, 0.25) is 0 Å². The van der Waals surface area contributed by atoms with Crippen molar-refractivity contribution in [1.29, 1.82) is 0 Å². The number of hydrogen-bond acceptors (Lipinski definition) is 6. The van der Waals surface area contributed by atoms with E-state index >= 15 is 0 Å². The monoisotopic (exact) mass is 576 g/mol. The smallest absolute Gasteiger partial charge is 0.331 e. The lowest BCUT2D eigenvalue weighted by Gasteiger charge is -2.20. The van der Waals surface area contributed by atoms with Crippen molar-refractivity contribution in [2.75, 3.05) is 19.0 Å². The number of anilines is 1. The molecule has 1 amide bonds. The van der Waals surface area contributed by atoms with Gasteiger partial charge < -0.3 is 14.6 Å². The van der Waals surface area contributed by atoms with Crippen LogP contribution in [0.4, 0.5) is 5.13 Å². The Morgan fingerprint density at radius 2 is 1.92 bits per heavy atom. The fraction of sp³-hybridized carbons (Fsp3) is 0.321. The van der Waals surface area contributed by atoms with E-state index in [2.05, 4.69) is 24.1 Å². The first-order chi connectivity index (χ1) is 18.2. The van der Waals surface area contributed by atoms with Gasteiger partial charge in [-0.15, -0.1) is 11.3 Å². The number of carbonyl (C=O) groups is 2. The van der Waals surface area contributed by atoms with Crippen LogP contribution in [0.5, 0.6) is 5.75 Å². The third-order valence-corrected chi connectivity index (χ3v) is 7.21. The van der Waals surface area contributed by atoms with Crippen LogP contribution in [-0.2, 0) is 9.53 Å². The zero-order chi connectivity index (χ0) is 27.8. The quantitative estimate of drug-likeness (QED) is 0.167. The zero-order valence-electron chi connectivity index (χ0n) is 21.6. The fourth-order valence-corrected chi connectivity index (χ4v) is 5.09. The number of nitrogens with zero attached hydrogens (tertiary/aromatic N) is 1. The van der Waals surface area contributed by atoms with Crippen molar-refractivity contribution in [2.45, 2.75) is 46.1 Å². The van der Waals surface area contributed by atoms with Gasteiger partial charge in [0, 0.05) is 39.8 Å². The van der Waals surface area contributed by atoms with Gasteiger partial charge in [0.1, 0.15) is 5.75 Å². The second kappa shape index (κ2) is 13.8. The first kappa shape index (κ1) is 29.6. The minimum atomic E-state index is -1.09. The molecule has 3 rings (SSSR count). The molecule has 0 fully saturated rings. The predicted octanol–water partition coefficient (Wildman–Crippen LogP) is 8.13. The Kier molecular flexibility index (Phi) is 10.7. The summed E-state index contributed by atoms with van der Waals surface area (Å²) in [6.07, 6.45) is 4.12. The van der Waals surface area contributed by atoms with Crippen molar-refractivity contribution >= 4 is 57.6 Å². The molecule has 38 heavy (non-hydrogen) atoms. The maximum Gasteiger partial charge on any atom is 0.331 e. The molecule has 0 bridgehead atoms.